The highest BCUT2D eigenvalue weighted by atomic mass is 35.5. The predicted molar refractivity (Wildman–Crippen MR) is 64.8 cm³/mol. The molecule has 0 radical (unpaired) electrons. The van der Waals surface area contributed by atoms with Crippen molar-refractivity contribution < 1.29 is 17.9 Å². The van der Waals surface area contributed by atoms with Gasteiger partial charge in [0.15, 0.2) is 0 Å². The third-order valence-electron chi connectivity index (χ3n) is 2.09. The molecule has 0 amide bonds. The SMILES string of the molecule is COC(C)COc1ccc(Cl)cc1S(N)(=O)=O. The Morgan fingerprint density at radius 1 is 1.47 bits per heavy atom. The van der Waals surface area contributed by atoms with Crippen molar-refractivity contribution in [2.24, 2.45) is 5.14 Å². The molecule has 0 saturated heterocycles. The molecular weight excluding hydrogens is 266 g/mol. The molecule has 17 heavy (non-hydrogen) atoms. The number of halogens is 1. The van der Waals surface area contributed by atoms with E-state index in [0.29, 0.717) is 0 Å². The lowest BCUT2D eigenvalue weighted by atomic mass is 10.3. The van der Waals surface area contributed by atoms with Gasteiger partial charge in [0.05, 0.1) is 6.10 Å². The fourth-order valence-corrected chi connectivity index (χ4v) is 2.03. The van der Waals surface area contributed by atoms with E-state index < -0.39 is 10.0 Å². The van der Waals surface area contributed by atoms with E-state index >= 15 is 0 Å². The molecule has 1 unspecified atom stereocenters. The van der Waals surface area contributed by atoms with Gasteiger partial charge in [0.1, 0.15) is 17.3 Å². The highest BCUT2D eigenvalue weighted by Crippen LogP contribution is 2.26. The molecule has 0 aliphatic heterocycles. The Hall–Kier alpha value is -0.820. The maximum Gasteiger partial charge on any atom is 0.241 e. The largest absolute Gasteiger partial charge is 0.489 e. The van der Waals surface area contributed by atoms with Crippen LogP contribution in [0.2, 0.25) is 5.02 Å². The van der Waals surface area contributed by atoms with Gasteiger partial charge in [-0.1, -0.05) is 11.6 Å². The summed E-state index contributed by atoms with van der Waals surface area (Å²) in [5.41, 5.74) is 0. The molecule has 1 atom stereocenters. The van der Waals surface area contributed by atoms with E-state index in [0.717, 1.165) is 0 Å². The second kappa shape index (κ2) is 5.68. The van der Waals surface area contributed by atoms with Crippen molar-refractivity contribution in [3.8, 4) is 5.75 Å². The molecule has 7 heteroatoms. The Morgan fingerprint density at radius 3 is 2.65 bits per heavy atom. The molecular formula is C10H14ClNO4S. The van der Waals surface area contributed by atoms with Crippen LogP contribution in [0.25, 0.3) is 0 Å². The van der Waals surface area contributed by atoms with Crippen molar-refractivity contribution in [3.05, 3.63) is 23.2 Å². The standard InChI is InChI=1S/C10H14ClNO4S/c1-7(15-2)6-16-9-4-3-8(11)5-10(9)17(12,13)14/h3-5,7H,6H2,1-2H3,(H2,12,13,14). The van der Waals surface area contributed by atoms with Crippen molar-refractivity contribution in [2.45, 2.75) is 17.9 Å². The van der Waals surface area contributed by atoms with Crippen LogP contribution in [0.5, 0.6) is 5.75 Å². The summed E-state index contributed by atoms with van der Waals surface area (Å²) >= 11 is 5.71. The Kier molecular flexibility index (Phi) is 4.76. The van der Waals surface area contributed by atoms with Gasteiger partial charge in [-0.15, -0.1) is 0 Å². The Balaban J connectivity index is 3.00. The predicted octanol–water partition coefficient (Wildman–Crippen LogP) is 1.40. The van der Waals surface area contributed by atoms with Crippen molar-refractivity contribution in [1.82, 2.24) is 0 Å². The van der Waals surface area contributed by atoms with Gasteiger partial charge in [0.2, 0.25) is 10.0 Å². The zero-order valence-corrected chi connectivity index (χ0v) is 11.1. The summed E-state index contributed by atoms with van der Waals surface area (Å²) in [6.07, 6.45) is -0.154. The lowest BCUT2D eigenvalue weighted by molar-refractivity contribution is 0.0705. The molecule has 0 aliphatic carbocycles. The average molecular weight is 280 g/mol. The van der Waals surface area contributed by atoms with E-state index in [2.05, 4.69) is 0 Å². The van der Waals surface area contributed by atoms with Crippen molar-refractivity contribution in [1.29, 1.82) is 0 Å². The summed E-state index contributed by atoms with van der Waals surface area (Å²) in [5.74, 6) is 0.167. The summed E-state index contributed by atoms with van der Waals surface area (Å²) in [7, 11) is -2.32. The molecule has 0 spiro atoms. The van der Waals surface area contributed by atoms with Crippen LogP contribution in [0.1, 0.15) is 6.92 Å². The Labute approximate surface area is 106 Å². The molecule has 0 aliphatic rings. The minimum atomic E-state index is -3.86. The highest BCUT2D eigenvalue weighted by Gasteiger charge is 2.16. The number of primary sulfonamides is 1. The normalized spacial score (nSPS) is 13.4. The molecule has 0 aromatic heterocycles. The maximum atomic E-state index is 11.3. The zero-order valence-electron chi connectivity index (χ0n) is 9.51. The number of sulfonamides is 1. The molecule has 0 bridgehead atoms. The quantitative estimate of drug-likeness (QED) is 0.884. The summed E-state index contributed by atoms with van der Waals surface area (Å²) < 4.78 is 33.0. The van der Waals surface area contributed by atoms with Crippen LogP contribution >= 0.6 is 11.6 Å². The lowest BCUT2D eigenvalue weighted by Crippen LogP contribution is -2.19. The number of rotatable bonds is 5. The lowest BCUT2D eigenvalue weighted by Gasteiger charge is -2.13. The topological polar surface area (TPSA) is 78.6 Å². The first-order chi connectivity index (χ1) is 7.84. The average Bonchev–Trinajstić information content (AvgIpc) is 2.25. The number of methoxy groups -OCH3 is 1. The summed E-state index contributed by atoms with van der Waals surface area (Å²) in [6.45, 7) is 2.02. The van der Waals surface area contributed by atoms with Crippen molar-refractivity contribution in [3.63, 3.8) is 0 Å². The van der Waals surface area contributed by atoms with E-state index in [1.165, 1.54) is 25.3 Å². The molecule has 0 heterocycles. The van der Waals surface area contributed by atoms with Gasteiger partial charge in [-0.05, 0) is 25.1 Å². The molecule has 1 aromatic rings. The van der Waals surface area contributed by atoms with Crippen LogP contribution in [0.3, 0.4) is 0 Å². The fraction of sp³-hybridized carbons (Fsp3) is 0.400. The fourth-order valence-electron chi connectivity index (χ4n) is 1.10. The summed E-state index contributed by atoms with van der Waals surface area (Å²) in [6, 6.07) is 4.25. The minimum absolute atomic E-state index is 0.131. The minimum Gasteiger partial charge on any atom is -0.489 e. The number of hydrogen-bond acceptors (Lipinski definition) is 4. The van der Waals surface area contributed by atoms with Gasteiger partial charge >= 0.3 is 0 Å². The van der Waals surface area contributed by atoms with E-state index in [4.69, 9.17) is 26.2 Å². The van der Waals surface area contributed by atoms with E-state index in [1.54, 1.807) is 6.92 Å². The van der Waals surface area contributed by atoms with Gasteiger partial charge in [0.25, 0.3) is 0 Å². The van der Waals surface area contributed by atoms with Crippen molar-refractivity contribution in [2.75, 3.05) is 13.7 Å². The first kappa shape index (κ1) is 14.2. The van der Waals surface area contributed by atoms with E-state index in [1.807, 2.05) is 0 Å². The van der Waals surface area contributed by atoms with Crippen LogP contribution in [0.4, 0.5) is 0 Å². The first-order valence-corrected chi connectivity index (χ1v) is 6.75. The summed E-state index contributed by atoms with van der Waals surface area (Å²) in [4.78, 5) is -0.131. The van der Waals surface area contributed by atoms with Crippen molar-refractivity contribution >= 4 is 21.6 Å². The molecule has 5 nitrogen and oxygen atoms in total. The third-order valence-corrected chi connectivity index (χ3v) is 3.26. The van der Waals surface area contributed by atoms with Crippen LogP contribution in [0, 0.1) is 0 Å². The number of benzene rings is 1. The monoisotopic (exact) mass is 279 g/mol. The van der Waals surface area contributed by atoms with Gasteiger partial charge < -0.3 is 9.47 Å². The molecule has 96 valence electrons. The third kappa shape index (κ3) is 4.16. The molecule has 2 N–H and O–H groups in total. The van der Waals surface area contributed by atoms with Crippen LogP contribution in [-0.2, 0) is 14.8 Å². The highest BCUT2D eigenvalue weighted by molar-refractivity contribution is 7.89. The second-order valence-electron chi connectivity index (χ2n) is 3.49. The second-order valence-corrected chi connectivity index (χ2v) is 5.46. The maximum absolute atomic E-state index is 11.3. The Morgan fingerprint density at radius 2 is 2.12 bits per heavy atom. The Bertz CT molecular complexity index is 489. The zero-order chi connectivity index (χ0) is 13.1. The molecule has 0 fully saturated rings. The van der Waals surface area contributed by atoms with Gasteiger partial charge in [-0.2, -0.15) is 0 Å². The van der Waals surface area contributed by atoms with E-state index in [9.17, 15) is 8.42 Å². The summed E-state index contributed by atoms with van der Waals surface area (Å²) in [5, 5.41) is 5.35. The van der Waals surface area contributed by atoms with Crippen LogP contribution in [0.15, 0.2) is 23.1 Å². The smallest absolute Gasteiger partial charge is 0.241 e. The number of nitrogens with two attached hydrogens (primary N) is 1. The van der Waals surface area contributed by atoms with Crippen LogP contribution < -0.4 is 9.88 Å². The van der Waals surface area contributed by atoms with E-state index in [-0.39, 0.29) is 28.4 Å². The first-order valence-electron chi connectivity index (χ1n) is 4.82. The molecule has 0 saturated carbocycles. The van der Waals surface area contributed by atoms with Gasteiger partial charge in [0, 0.05) is 12.1 Å². The van der Waals surface area contributed by atoms with Gasteiger partial charge in [-0.25, -0.2) is 13.6 Å². The number of hydrogen-bond donors (Lipinski definition) is 1. The van der Waals surface area contributed by atoms with Crippen LogP contribution in [-0.4, -0.2) is 28.2 Å². The molecule has 1 aromatic carbocycles. The van der Waals surface area contributed by atoms with Gasteiger partial charge in [-0.3, -0.25) is 0 Å². The number of ether oxygens (including phenoxy) is 2. The molecule has 1 rings (SSSR count).